The molecule has 2 aromatic carbocycles. The predicted octanol–water partition coefficient (Wildman–Crippen LogP) is 7.89. The number of unbranched alkanes of at least 4 members (excludes halogenated alkanes) is 12. The maximum Gasteiger partial charge on any atom is 0.220 e. The molecular weight excluding hydrogens is 576 g/mol. The first-order valence-corrected chi connectivity index (χ1v) is 18.3. The number of aliphatic hydroxyl groups is 2. The summed E-state index contributed by atoms with van der Waals surface area (Å²) >= 11 is 0. The highest BCUT2D eigenvalue weighted by Crippen LogP contribution is 2.38. The molecule has 4 atom stereocenters. The maximum absolute atomic E-state index is 12.5. The van der Waals surface area contributed by atoms with Crippen molar-refractivity contribution in [3.63, 3.8) is 0 Å². The Balaban J connectivity index is 1.15. The zero-order chi connectivity index (χ0) is 32.4. The molecule has 2 aliphatic rings. The summed E-state index contributed by atoms with van der Waals surface area (Å²) in [5, 5.41) is 22.6. The summed E-state index contributed by atoms with van der Waals surface area (Å²) in [4.78, 5) is 14.7. The van der Waals surface area contributed by atoms with Gasteiger partial charge in [0.1, 0.15) is 0 Å². The van der Waals surface area contributed by atoms with Crippen LogP contribution in [0.3, 0.4) is 0 Å². The molecule has 2 fully saturated rings. The van der Waals surface area contributed by atoms with Crippen molar-refractivity contribution in [1.29, 1.82) is 0 Å². The summed E-state index contributed by atoms with van der Waals surface area (Å²) in [6.45, 7) is 5.12. The fraction of sp³-hybridized carbons (Fsp3) is 0.667. The quantitative estimate of drug-likeness (QED) is 0.121. The van der Waals surface area contributed by atoms with Crippen molar-refractivity contribution in [3.05, 3.63) is 70.8 Å². The second-order valence-corrected chi connectivity index (χ2v) is 13.6. The topological polar surface area (TPSA) is 91.3 Å². The van der Waals surface area contributed by atoms with Gasteiger partial charge < -0.3 is 25.0 Å². The third kappa shape index (κ3) is 13.1. The Labute approximate surface area is 278 Å². The predicted molar refractivity (Wildman–Crippen MR) is 184 cm³/mol. The number of hydrogen-bond donors (Lipinski definition) is 3. The minimum atomic E-state index is -0.506. The van der Waals surface area contributed by atoms with E-state index in [-0.39, 0.29) is 30.8 Å². The van der Waals surface area contributed by atoms with E-state index < -0.39 is 6.29 Å². The number of carbonyl (C=O) groups is 1. The van der Waals surface area contributed by atoms with Crippen LogP contribution >= 0.6 is 0 Å². The van der Waals surface area contributed by atoms with Crippen molar-refractivity contribution in [2.24, 2.45) is 0 Å². The summed E-state index contributed by atoms with van der Waals surface area (Å²) in [5.74, 6) is 0.121. The van der Waals surface area contributed by atoms with Crippen molar-refractivity contribution >= 4 is 5.91 Å². The minimum absolute atomic E-state index is 0.0176. The molecule has 4 rings (SSSR count). The number of nitrogens with zero attached hydrogens (tertiary/aromatic N) is 1. The number of hydrogen-bond acceptors (Lipinski definition) is 6. The van der Waals surface area contributed by atoms with Crippen LogP contribution in [0.4, 0.5) is 0 Å². The first-order valence-electron chi connectivity index (χ1n) is 18.3. The molecule has 3 N–H and O–H groups in total. The Kier molecular flexibility index (Phi) is 16.6. The van der Waals surface area contributed by atoms with Crippen molar-refractivity contribution in [3.8, 4) is 0 Å². The number of ether oxygens (including phenoxy) is 2. The summed E-state index contributed by atoms with van der Waals surface area (Å²) in [7, 11) is 0. The number of rotatable bonds is 21. The zero-order valence-corrected chi connectivity index (χ0v) is 28.3. The van der Waals surface area contributed by atoms with Gasteiger partial charge in [0, 0.05) is 44.6 Å². The molecule has 2 heterocycles. The number of likely N-dealkylation sites (tertiary alicyclic amines) is 1. The van der Waals surface area contributed by atoms with Gasteiger partial charge >= 0.3 is 0 Å². The van der Waals surface area contributed by atoms with E-state index in [2.05, 4.69) is 17.1 Å². The summed E-state index contributed by atoms with van der Waals surface area (Å²) in [6, 6.07) is 16.1. The lowest BCUT2D eigenvalue weighted by Crippen LogP contribution is -2.38. The number of benzene rings is 2. The Morgan fingerprint density at radius 2 is 1.39 bits per heavy atom. The molecule has 2 aliphatic heterocycles. The van der Waals surface area contributed by atoms with E-state index in [1.165, 1.54) is 70.6 Å². The van der Waals surface area contributed by atoms with E-state index >= 15 is 0 Å². The van der Waals surface area contributed by atoms with Crippen molar-refractivity contribution in [2.45, 2.75) is 147 Å². The Bertz CT molecular complexity index is 1110. The average molecular weight is 637 g/mol. The smallest absolute Gasteiger partial charge is 0.220 e. The molecule has 0 bridgehead atoms. The van der Waals surface area contributed by atoms with Gasteiger partial charge in [-0.15, -0.1) is 0 Å². The maximum atomic E-state index is 12.5. The van der Waals surface area contributed by atoms with Crippen molar-refractivity contribution in [2.75, 3.05) is 19.6 Å². The second kappa shape index (κ2) is 20.8. The van der Waals surface area contributed by atoms with Gasteiger partial charge in [-0.25, -0.2) is 0 Å². The fourth-order valence-electron chi connectivity index (χ4n) is 6.68. The molecular formula is C39H60N2O5. The summed E-state index contributed by atoms with van der Waals surface area (Å²) in [5.41, 5.74) is 3.95. The molecule has 0 spiro atoms. The highest BCUT2D eigenvalue weighted by atomic mass is 16.7. The molecule has 2 aromatic rings. The standard InChI is InChI=1S/C39H60N2O5/c1-2-3-4-5-6-7-8-9-10-11-12-13-14-15-38(44)40-27-31-16-22-34(23-17-31)39-45-36(29-41-25-24-35(43)28-41)26-37(46-39)33-20-18-32(30-42)19-21-33/h16-23,35-37,39,42-43H,2-15,24-30H2,1H3,(H,40,44). The molecule has 0 saturated carbocycles. The zero-order valence-electron chi connectivity index (χ0n) is 28.3. The van der Waals surface area contributed by atoms with E-state index in [9.17, 15) is 15.0 Å². The molecule has 7 nitrogen and oxygen atoms in total. The third-order valence-corrected chi connectivity index (χ3v) is 9.57. The highest BCUT2D eigenvalue weighted by molar-refractivity contribution is 5.75. The third-order valence-electron chi connectivity index (χ3n) is 9.57. The van der Waals surface area contributed by atoms with Gasteiger partial charge in [0.05, 0.1) is 24.9 Å². The first kappa shape index (κ1) is 36.5. The van der Waals surface area contributed by atoms with Crippen molar-refractivity contribution < 1.29 is 24.5 Å². The second-order valence-electron chi connectivity index (χ2n) is 13.6. The number of aliphatic hydroxyl groups excluding tert-OH is 2. The Morgan fingerprint density at radius 1 is 0.804 bits per heavy atom. The lowest BCUT2D eigenvalue weighted by Gasteiger charge is -2.37. The van der Waals surface area contributed by atoms with Gasteiger partial charge in [-0.3, -0.25) is 9.69 Å². The van der Waals surface area contributed by atoms with Crippen LogP contribution in [0.25, 0.3) is 0 Å². The van der Waals surface area contributed by atoms with Crippen molar-refractivity contribution in [1.82, 2.24) is 10.2 Å². The van der Waals surface area contributed by atoms with Gasteiger partial charge in [0.2, 0.25) is 5.91 Å². The molecule has 1 amide bonds. The summed E-state index contributed by atoms with van der Waals surface area (Å²) in [6.07, 6.45) is 18.2. The normalized spacial score (nSPS) is 21.9. The minimum Gasteiger partial charge on any atom is -0.392 e. The van der Waals surface area contributed by atoms with E-state index in [1.54, 1.807) is 0 Å². The molecule has 256 valence electrons. The lowest BCUT2D eigenvalue weighted by molar-refractivity contribution is -0.252. The SMILES string of the molecule is CCCCCCCCCCCCCCCC(=O)NCc1ccc(C2OC(CN3CCC(O)C3)CC(c3ccc(CO)cc3)O2)cc1. The average Bonchev–Trinajstić information content (AvgIpc) is 3.49. The largest absolute Gasteiger partial charge is 0.392 e. The van der Waals surface area contributed by atoms with Gasteiger partial charge in [0.15, 0.2) is 6.29 Å². The molecule has 0 aromatic heterocycles. The lowest BCUT2D eigenvalue weighted by atomic mass is 9.99. The Morgan fingerprint density at radius 3 is 1.98 bits per heavy atom. The van der Waals surface area contributed by atoms with E-state index in [0.717, 1.165) is 61.0 Å². The van der Waals surface area contributed by atoms with E-state index in [1.807, 2.05) is 48.5 Å². The van der Waals surface area contributed by atoms with Crippen LogP contribution in [-0.4, -0.2) is 52.9 Å². The van der Waals surface area contributed by atoms with Gasteiger partial charge in [-0.05, 0) is 29.5 Å². The van der Waals surface area contributed by atoms with Crippen LogP contribution in [0.15, 0.2) is 48.5 Å². The number of nitrogens with one attached hydrogen (secondary N) is 1. The van der Waals surface area contributed by atoms with Crippen LogP contribution in [0.2, 0.25) is 0 Å². The molecule has 0 aliphatic carbocycles. The first-order chi connectivity index (χ1) is 22.5. The van der Waals surface area contributed by atoms with Gasteiger partial charge in [-0.1, -0.05) is 133 Å². The summed E-state index contributed by atoms with van der Waals surface area (Å²) < 4.78 is 12.9. The molecule has 0 radical (unpaired) electrons. The molecule has 46 heavy (non-hydrogen) atoms. The van der Waals surface area contributed by atoms with Crippen LogP contribution in [0, 0.1) is 0 Å². The molecule has 4 unspecified atom stereocenters. The van der Waals surface area contributed by atoms with Gasteiger partial charge in [0.25, 0.3) is 0 Å². The fourth-order valence-corrected chi connectivity index (χ4v) is 6.68. The number of β-amino-alcohol motifs (C(OH)–C–C–N with tert-alkyl or cyclic N) is 1. The molecule has 7 heteroatoms. The van der Waals surface area contributed by atoms with E-state index in [4.69, 9.17) is 9.47 Å². The molecule has 2 saturated heterocycles. The van der Waals surface area contributed by atoms with Gasteiger partial charge in [-0.2, -0.15) is 0 Å². The number of carbonyl (C=O) groups excluding carboxylic acids is 1. The highest BCUT2D eigenvalue weighted by Gasteiger charge is 2.34. The Hall–Kier alpha value is -2.29. The van der Waals surface area contributed by atoms with E-state index in [0.29, 0.717) is 19.5 Å². The van der Waals surface area contributed by atoms with Crippen LogP contribution in [0.1, 0.15) is 144 Å². The van der Waals surface area contributed by atoms with Crippen LogP contribution in [-0.2, 0) is 27.4 Å². The van der Waals surface area contributed by atoms with Crippen LogP contribution < -0.4 is 5.32 Å². The van der Waals surface area contributed by atoms with Crippen LogP contribution in [0.5, 0.6) is 0 Å². The monoisotopic (exact) mass is 636 g/mol. The number of amides is 1.